The third-order valence-corrected chi connectivity index (χ3v) is 3.73. The molecule has 0 heterocycles. The highest BCUT2D eigenvalue weighted by atomic mass is 32.2. The monoisotopic (exact) mass is 260 g/mol. The van der Waals surface area contributed by atoms with Crippen molar-refractivity contribution in [3.8, 4) is 0 Å². The van der Waals surface area contributed by atoms with Crippen LogP contribution in [0.4, 0.5) is 4.79 Å². The Labute approximate surface area is 106 Å². The molecule has 6 heteroatoms. The highest BCUT2D eigenvalue weighted by Gasteiger charge is 2.42. The molecule has 1 rings (SSSR count). The Balaban J connectivity index is 2.35. The third-order valence-electron chi connectivity index (χ3n) is 3.03. The summed E-state index contributed by atoms with van der Waals surface area (Å²) < 4.78 is 0. The fourth-order valence-electron chi connectivity index (χ4n) is 2.05. The van der Waals surface area contributed by atoms with Crippen LogP contribution in [0.3, 0.4) is 0 Å². The highest BCUT2D eigenvalue weighted by Crippen LogP contribution is 2.29. The quantitative estimate of drug-likeness (QED) is 0.631. The average molecular weight is 260 g/mol. The van der Waals surface area contributed by atoms with Crippen LogP contribution in [-0.2, 0) is 4.79 Å². The first-order valence-corrected chi connectivity index (χ1v) is 7.28. The van der Waals surface area contributed by atoms with E-state index in [9.17, 15) is 14.7 Å². The number of carboxylic acid groups (broad SMARTS) is 1. The van der Waals surface area contributed by atoms with Gasteiger partial charge in [-0.1, -0.05) is 12.8 Å². The number of carbonyl (C=O) groups excluding carboxylic acids is 1. The van der Waals surface area contributed by atoms with Gasteiger partial charge in [-0.3, -0.25) is 0 Å². The van der Waals surface area contributed by atoms with Crippen molar-refractivity contribution in [1.29, 1.82) is 0 Å². The molecule has 0 atom stereocenters. The first-order chi connectivity index (χ1) is 8.10. The average Bonchev–Trinajstić information content (AvgIpc) is 2.74. The lowest BCUT2D eigenvalue weighted by Crippen LogP contribution is -2.55. The molecule has 0 aromatic heterocycles. The molecule has 0 aromatic carbocycles. The number of hydrogen-bond acceptors (Lipinski definition) is 3. The fraction of sp³-hybridized carbons (Fsp3) is 0.818. The van der Waals surface area contributed by atoms with E-state index in [0.29, 0.717) is 19.4 Å². The van der Waals surface area contributed by atoms with Crippen molar-refractivity contribution in [1.82, 2.24) is 10.6 Å². The van der Waals surface area contributed by atoms with E-state index >= 15 is 0 Å². The van der Waals surface area contributed by atoms with Crippen LogP contribution in [-0.4, -0.2) is 41.2 Å². The maximum atomic E-state index is 11.6. The highest BCUT2D eigenvalue weighted by molar-refractivity contribution is 7.98. The number of aliphatic carboxylic acids is 1. The van der Waals surface area contributed by atoms with Gasteiger partial charge in [0.25, 0.3) is 0 Å². The summed E-state index contributed by atoms with van der Waals surface area (Å²) in [4.78, 5) is 22.8. The SMILES string of the molecule is CSCCCNC(=O)NC1(C(=O)O)CCCC1. The van der Waals surface area contributed by atoms with Gasteiger partial charge in [0.05, 0.1) is 0 Å². The van der Waals surface area contributed by atoms with E-state index in [2.05, 4.69) is 10.6 Å². The summed E-state index contributed by atoms with van der Waals surface area (Å²) in [6.45, 7) is 0.586. The molecule has 2 amide bonds. The molecule has 0 aromatic rings. The van der Waals surface area contributed by atoms with Gasteiger partial charge < -0.3 is 15.7 Å². The minimum Gasteiger partial charge on any atom is -0.480 e. The summed E-state index contributed by atoms with van der Waals surface area (Å²) in [6, 6.07) is -0.365. The molecule has 0 radical (unpaired) electrons. The summed E-state index contributed by atoms with van der Waals surface area (Å²) in [5.74, 6) is 0.0685. The first-order valence-electron chi connectivity index (χ1n) is 5.89. The van der Waals surface area contributed by atoms with Crippen molar-refractivity contribution >= 4 is 23.8 Å². The second-order valence-electron chi connectivity index (χ2n) is 4.32. The number of rotatable bonds is 6. The van der Waals surface area contributed by atoms with Crippen molar-refractivity contribution in [2.24, 2.45) is 0 Å². The summed E-state index contributed by atoms with van der Waals surface area (Å²) in [5, 5.41) is 14.5. The summed E-state index contributed by atoms with van der Waals surface area (Å²) >= 11 is 1.72. The van der Waals surface area contributed by atoms with Gasteiger partial charge >= 0.3 is 12.0 Å². The van der Waals surface area contributed by atoms with Crippen LogP contribution in [0.25, 0.3) is 0 Å². The molecule has 3 N–H and O–H groups in total. The lowest BCUT2D eigenvalue weighted by molar-refractivity contribution is -0.144. The molecule has 5 nitrogen and oxygen atoms in total. The zero-order valence-electron chi connectivity index (χ0n) is 10.1. The van der Waals surface area contributed by atoms with Gasteiger partial charge in [0.2, 0.25) is 0 Å². The minimum absolute atomic E-state index is 0.365. The lowest BCUT2D eigenvalue weighted by atomic mass is 9.98. The molecule has 0 saturated heterocycles. The third kappa shape index (κ3) is 4.11. The Morgan fingerprint density at radius 3 is 2.53 bits per heavy atom. The standard InChI is InChI=1S/C11H20N2O3S/c1-17-8-4-7-12-10(16)13-11(9(14)15)5-2-3-6-11/h2-8H2,1H3,(H,14,15)(H2,12,13,16). The Bertz CT molecular complexity index is 278. The van der Waals surface area contributed by atoms with E-state index in [4.69, 9.17) is 0 Å². The predicted octanol–water partition coefficient (Wildman–Crippen LogP) is 1.44. The predicted molar refractivity (Wildman–Crippen MR) is 68.4 cm³/mol. The van der Waals surface area contributed by atoms with Gasteiger partial charge in [0.1, 0.15) is 5.54 Å². The second kappa shape index (κ2) is 6.74. The number of carboxylic acids is 1. The summed E-state index contributed by atoms with van der Waals surface area (Å²) in [7, 11) is 0. The lowest BCUT2D eigenvalue weighted by Gasteiger charge is -2.25. The smallest absolute Gasteiger partial charge is 0.329 e. The fourth-order valence-corrected chi connectivity index (χ4v) is 2.48. The van der Waals surface area contributed by atoms with Crippen LogP contribution in [0.1, 0.15) is 32.1 Å². The van der Waals surface area contributed by atoms with Crippen molar-refractivity contribution in [2.45, 2.75) is 37.6 Å². The van der Waals surface area contributed by atoms with E-state index in [1.54, 1.807) is 11.8 Å². The summed E-state index contributed by atoms with van der Waals surface area (Å²) in [5.41, 5.74) is -1.04. The zero-order valence-corrected chi connectivity index (χ0v) is 10.9. The molecule has 1 aliphatic carbocycles. The first kappa shape index (κ1) is 14.2. The van der Waals surface area contributed by atoms with Crippen LogP contribution in [0.2, 0.25) is 0 Å². The van der Waals surface area contributed by atoms with E-state index in [1.807, 2.05) is 6.26 Å². The van der Waals surface area contributed by atoms with Gasteiger partial charge in [-0.05, 0) is 31.3 Å². The van der Waals surface area contributed by atoms with Crippen LogP contribution in [0.5, 0.6) is 0 Å². The van der Waals surface area contributed by atoms with Crippen molar-refractivity contribution in [2.75, 3.05) is 18.6 Å². The zero-order chi connectivity index (χ0) is 12.7. The summed E-state index contributed by atoms with van der Waals surface area (Å²) in [6.07, 6.45) is 5.69. The molecule has 17 heavy (non-hydrogen) atoms. The molecule has 0 unspecified atom stereocenters. The topological polar surface area (TPSA) is 78.4 Å². The molecular weight excluding hydrogens is 240 g/mol. The van der Waals surface area contributed by atoms with E-state index in [-0.39, 0.29) is 6.03 Å². The van der Waals surface area contributed by atoms with Gasteiger partial charge in [0.15, 0.2) is 0 Å². The Morgan fingerprint density at radius 2 is 2.00 bits per heavy atom. The number of hydrogen-bond donors (Lipinski definition) is 3. The Kier molecular flexibility index (Phi) is 5.61. The van der Waals surface area contributed by atoms with Crippen LogP contribution >= 0.6 is 11.8 Å². The van der Waals surface area contributed by atoms with Gasteiger partial charge in [-0.15, -0.1) is 0 Å². The maximum Gasteiger partial charge on any atom is 0.329 e. The number of nitrogens with one attached hydrogen (secondary N) is 2. The van der Waals surface area contributed by atoms with Crippen LogP contribution < -0.4 is 10.6 Å². The molecule has 1 aliphatic rings. The number of urea groups is 1. The molecular formula is C11H20N2O3S. The number of thioether (sulfide) groups is 1. The van der Waals surface area contributed by atoms with Gasteiger partial charge in [0, 0.05) is 6.54 Å². The van der Waals surface area contributed by atoms with Crippen molar-refractivity contribution in [3.05, 3.63) is 0 Å². The second-order valence-corrected chi connectivity index (χ2v) is 5.31. The van der Waals surface area contributed by atoms with Crippen molar-refractivity contribution in [3.63, 3.8) is 0 Å². The normalized spacial score (nSPS) is 17.7. The van der Waals surface area contributed by atoms with Crippen LogP contribution in [0.15, 0.2) is 0 Å². The molecule has 1 fully saturated rings. The van der Waals surface area contributed by atoms with E-state index in [0.717, 1.165) is 25.0 Å². The Morgan fingerprint density at radius 1 is 1.35 bits per heavy atom. The van der Waals surface area contributed by atoms with E-state index < -0.39 is 11.5 Å². The molecule has 0 bridgehead atoms. The molecule has 0 aliphatic heterocycles. The number of amides is 2. The number of carbonyl (C=O) groups is 2. The van der Waals surface area contributed by atoms with E-state index in [1.165, 1.54) is 0 Å². The molecule has 1 saturated carbocycles. The molecule has 0 spiro atoms. The van der Waals surface area contributed by atoms with Gasteiger partial charge in [-0.2, -0.15) is 11.8 Å². The van der Waals surface area contributed by atoms with Crippen molar-refractivity contribution < 1.29 is 14.7 Å². The van der Waals surface area contributed by atoms with Crippen LogP contribution in [0, 0.1) is 0 Å². The van der Waals surface area contributed by atoms with Gasteiger partial charge in [-0.25, -0.2) is 9.59 Å². The Hall–Kier alpha value is -0.910. The molecule has 98 valence electrons. The maximum absolute atomic E-state index is 11.6. The minimum atomic E-state index is -1.04. The largest absolute Gasteiger partial charge is 0.480 e.